The third kappa shape index (κ3) is 3.37. The molecule has 3 N–H and O–H groups in total. The average molecular weight is 240 g/mol. The third-order valence-electron chi connectivity index (χ3n) is 2.62. The highest BCUT2D eigenvalue weighted by Crippen LogP contribution is 2.42. The average Bonchev–Trinajstić information content (AvgIpc) is 2.25. The van der Waals surface area contributed by atoms with Crippen LogP contribution in [0.15, 0.2) is 29.4 Å². The molecular formula is C11H14F2N4. The molecule has 2 rings (SSSR count). The number of aliphatic imine (C=N–C) groups is 1. The minimum absolute atomic E-state index is 0.0610. The maximum atomic E-state index is 12.6. The van der Waals surface area contributed by atoms with Gasteiger partial charge in [0.05, 0.1) is 0 Å². The largest absolute Gasteiger partial charge is 0.370 e. The van der Waals surface area contributed by atoms with E-state index in [1.807, 2.05) is 6.07 Å². The summed E-state index contributed by atoms with van der Waals surface area (Å²) in [6, 6.07) is 5.35. The van der Waals surface area contributed by atoms with E-state index in [4.69, 9.17) is 5.73 Å². The molecule has 1 aliphatic rings. The fourth-order valence-electron chi connectivity index (χ4n) is 1.75. The van der Waals surface area contributed by atoms with Crippen molar-refractivity contribution in [3.05, 3.63) is 24.4 Å². The van der Waals surface area contributed by atoms with Crippen LogP contribution in [-0.2, 0) is 0 Å². The Labute approximate surface area is 98.0 Å². The Morgan fingerprint density at radius 2 is 2.29 bits per heavy atom. The van der Waals surface area contributed by atoms with E-state index in [1.165, 1.54) is 0 Å². The topological polar surface area (TPSA) is 63.3 Å². The van der Waals surface area contributed by atoms with Crippen LogP contribution in [0.5, 0.6) is 0 Å². The smallest absolute Gasteiger partial charge is 0.248 e. The fraction of sp³-hybridized carbons (Fsp3) is 0.455. The zero-order valence-corrected chi connectivity index (χ0v) is 9.24. The molecule has 0 bridgehead atoms. The number of anilines is 1. The molecule has 1 heterocycles. The van der Waals surface area contributed by atoms with Crippen molar-refractivity contribution in [2.75, 3.05) is 11.9 Å². The molecule has 92 valence electrons. The number of guanidine groups is 1. The van der Waals surface area contributed by atoms with Crippen LogP contribution >= 0.6 is 0 Å². The molecule has 0 unspecified atom stereocenters. The van der Waals surface area contributed by atoms with Crippen molar-refractivity contribution < 1.29 is 8.78 Å². The lowest BCUT2D eigenvalue weighted by atomic mass is 9.81. The molecule has 17 heavy (non-hydrogen) atoms. The van der Waals surface area contributed by atoms with Crippen molar-refractivity contribution in [1.29, 1.82) is 0 Å². The number of nitrogens with two attached hydrogens (primary N) is 1. The van der Waals surface area contributed by atoms with Gasteiger partial charge in [-0.15, -0.1) is 0 Å². The first-order chi connectivity index (χ1) is 8.05. The SMILES string of the molecule is NC(=NCC1CC(F)(F)C1)Nc1ccccn1. The second-order valence-corrected chi connectivity index (χ2v) is 4.20. The summed E-state index contributed by atoms with van der Waals surface area (Å²) in [5.41, 5.74) is 5.61. The van der Waals surface area contributed by atoms with Gasteiger partial charge in [0, 0.05) is 25.6 Å². The summed E-state index contributed by atoms with van der Waals surface area (Å²) in [5, 5.41) is 2.80. The maximum Gasteiger partial charge on any atom is 0.248 e. The second kappa shape index (κ2) is 4.65. The highest BCUT2D eigenvalue weighted by atomic mass is 19.3. The summed E-state index contributed by atoms with van der Waals surface area (Å²) < 4.78 is 25.1. The molecule has 6 heteroatoms. The highest BCUT2D eigenvalue weighted by molar-refractivity contribution is 5.91. The number of halogens is 2. The zero-order valence-electron chi connectivity index (χ0n) is 9.24. The van der Waals surface area contributed by atoms with Crippen LogP contribution in [-0.4, -0.2) is 23.4 Å². The minimum Gasteiger partial charge on any atom is -0.370 e. The van der Waals surface area contributed by atoms with E-state index < -0.39 is 5.92 Å². The number of aromatic nitrogens is 1. The quantitative estimate of drug-likeness (QED) is 0.626. The van der Waals surface area contributed by atoms with Gasteiger partial charge in [0.2, 0.25) is 5.92 Å². The van der Waals surface area contributed by atoms with Gasteiger partial charge in [-0.3, -0.25) is 4.99 Å². The van der Waals surface area contributed by atoms with E-state index in [0.717, 1.165) is 0 Å². The number of pyridine rings is 1. The summed E-state index contributed by atoms with van der Waals surface area (Å²) in [7, 11) is 0. The van der Waals surface area contributed by atoms with Crippen molar-refractivity contribution in [1.82, 2.24) is 4.98 Å². The lowest BCUT2D eigenvalue weighted by Crippen LogP contribution is -2.37. The molecule has 0 spiro atoms. The van der Waals surface area contributed by atoms with E-state index in [1.54, 1.807) is 18.3 Å². The Morgan fingerprint density at radius 1 is 1.53 bits per heavy atom. The van der Waals surface area contributed by atoms with Gasteiger partial charge in [0.1, 0.15) is 5.82 Å². The van der Waals surface area contributed by atoms with Gasteiger partial charge < -0.3 is 11.1 Å². The van der Waals surface area contributed by atoms with Gasteiger partial charge in [-0.25, -0.2) is 13.8 Å². The van der Waals surface area contributed by atoms with Crippen molar-refractivity contribution >= 4 is 11.8 Å². The monoisotopic (exact) mass is 240 g/mol. The van der Waals surface area contributed by atoms with Crippen LogP contribution in [0.1, 0.15) is 12.8 Å². The normalized spacial score (nSPS) is 19.8. The van der Waals surface area contributed by atoms with Gasteiger partial charge in [-0.05, 0) is 18.1 Å². The summed E-state index contributed by atoms with van der Waals surface area (Å²) in [5.74, 6) is -1.76. The number of nitrogens with zero attached hydrogens (tertiary/aromatic N) is 2. The van der Waals surface area contributed by atoms with Crippen molar-refractivity contribution in [3.63, 3.8) is 0 Å². The van der Waals surface area contributed by atoms with Crippen LogP contribution in [0, 0.1) is 5.92 Å². The molecular weight excluding hydrogens is 226 g/mol. The molecule has 1 aromatic rings. The first-order valence-electron chi connectivity index (χ1n) is 5.41. The van der Waals surface area contributed by atoms with E-state index in [2.05, 4.69) is 15.3 Å². The van der Waals surface area contributed by atoms with E-state index >= 15 is 0 Å². The molecule has 1 aromatic heterocycles. The summed E-state index contributed by atoms with van der Waals surface area (Å²) in [6.07, 6.45) is 1.45. The molecule has 1 aliphatic carbocycles. The van der Waals surface area contributed by atoms with E-state index in [0.29, 0.717) is 12.4 Å². The van der Waals surface area contributed by atoms with Crippen LogP contribution in [0.2, 0.25) is 0 Å². The minimum atomic E-state index is -2.50. The third-order valence-corrected chi connectivity index (χ3v) is 2.62. The molecule has 0 radical (unpaired) electrons. The van der Waals surface area contributed by atoms with Crippen LogP contribution in [0.25, 0.3) is 0 Å². The summed E-state index contributed by atoms with van der Waals surface area (Å²) in [6.45, 7) is 0.335. The van der Waals surface area contributed by atoms with E-state index in [9.17, 15) is 8.78 Å². The molecule has 4 nitrogen and oxygen atoms in total. The first-order valence-corrected chi connectivity index (χ1v) is 5.41. The number of hydrogen-bond acceptors (Lipinski definition) is 2. The van der Waals surface area contributed by atoms with Crippen LogP contribution < -0.4 is 11.1 Å². The van der Waals surface area contributed by atoms with Crippen LogP contribution in [0.4, 0.5) is 14.6 Å². The first kappa shape index (κ1) is 11.8. The molecule has 1 fully saturated rings. The van der Waals surface area contributed by atoms with Gasteiger partial charge in [-0.2, -0.15) is 0 Å². The maximum absolute atomic E-state index is 12.6. The van der Waals surface area contributed by atoms with Crippen molar-refractivity contribution in [3.8, 4) is 0 Å². The van der Waals surface area contributed by atoms with Crippen molar-refractivity contribution in [2.45, 2.75) is 18.8 Å². The summed E-state index contributed by atoms with van der Waals surface area (Å²) in [4.78, 5) is 8.03. The number of rotatable bonds is 3. The molecule has 1 saturated carbocycles. The predicted octanol–water partition coefficient (Wildman–Crippen LogP) is 1.85. The lowest BCUT2D eigenvalue weighted by molar-refractivity contribution is -0.107. The van der Waals surface area contributed by atoms with Gasteiger partial charge >= 0.3 is 0 Å². The Hall–Kier alpha value is -1.72. The lowest BCUT2D eigenvalue weighted by Gasteiger charge is -2.33. The molecule has 0 saturated heterocycles. The zero-order chi connectivity index (χ0) is 12.3. The Morgan fingerprint density at radius 3 is 2.88 bits per heavy atom. The molecule has 0 aromatic carbocycles. The fourth-order valence-corrected chi connectivity index (χ4v) is 1.75. The van der Waals surface area contributed by atoms with Gasteiger partial charge in [0.15, 0.2) is 5.96 Å². The Kier molecular flexibility index (Phi) is 3.21. The summed E-state index contributed by atoms with van der Waals surface area (Å²) >= 11 is 0. The van der Waals surface area contributed by atoms with Crippen molar-refractivity contribution in [2.24, 2.45) is 16.6 Å². The van der Waals surface area contributed by atoms with Crippen LogP contribution in [0.3, 0.4) is 0 Å². The standard InChI is InChI=1S/C11H14F2N4/c12-11(13)5-8(6-11)7-16-10(14)17-9-3-1-2-4-15-9/h1-4,8H,5-7H2,(H3,14,15,16,17). The Bertz CT molecular complexity index is 397. The number of nitrogens with one attached hydrogen (secondary N) is 1. The second-order valence-electron chi connectivity index (χ2n) is 4.20. The highest BCUT2D eigenvalue weighted by Gasteiger charge is 2.44. The predicted molar refractivity (Wildman–Crippen MR) is 62.0 cm³/mol. The molecule has 0 aliphatic heterocycles. The van der Waals surface area contributed by atoms with Gasteiger partial charge in [0.25, 0.3) is 0 Å². The molecule has 0 atom stereocenters. The Balaban J connectivity index is 1.79. The van der Waals surface area contributed by atoms with Gasteiger partial charge in [-0.1, -0.05) is 6.07 Å². The number of hydrogen-bond donors (Lipinski definition) is 2. The molecule has 0 amide bonds. The van der Waals surface area contributed by atoms with E-state index in [-0.39, 0.29) is 24.7 Å². The number of alkyl halides is 2.